The van der Waals surface area contributed by atoms with Crippen molar-refractivity contribution in [2.24, 2.45) is 0 Å². The fraction of sp³-hybridized carbons (Fsp3) is 0.417. The first kappa shape index (κ1) is 20.9. The van der Waals surface area contributed by atoms with Gasteiger partial charge in [-0.2, -0.15) is 0 Å². The number of para-hydroxylation sites is 1. The lowest BCUT2D eigenvalue weighted by Gasteiger charge is -2.19. The van der Waals surface area contributed by atoms with Crippen LogP contribution in [0.1, 0.15) is 62.4 Å². The van der Waals surface area contributed by atoms with Crippen LogP contribution in [0.5, 0.6) is 5.75 Å². The molecule has 0 bridgehead atoms. The number of amides is 2. The molecule has 0 spiro atoms. The number of nitrogens with one attached hydrogen (secondary N) is 2. The molecule has 2 aromatic rings. The highest BCUT2D eigenvalue weighted by Crippen LogP contribution is 2.24. The van der Waals surface area contributed by atoms with Gasteiger partial charge in [0, 0.05) is 12.5 Å². The summed E-state index contributed by atoms with van der Waals surface area (Å²) in [5.41, 5.74) is 2.42. The van der Waals surface area contributed by atoms with E-state index in [1.807, 2.05) is 18.2 Å². The van der Waals surface area contributed by atoms with E-state index in [0.717, 1.165) is 18.6 Å². The summed E-state index contributed by atoms with van der Waals surface area (Å²) in [6.45, 7) is 6.99. The van der Waals surface area contributed by atoms with Crippen LogP contribution in [-0.4, -0.2) is 24.5 Å². The summed E-state index contributed by atoms with van der Waals surface area (Å²) in [7, 11) is 0. The second-order valence-corrected chi connectivity index (χ2v) is 8.57. The van der Waals surface area contributed by atoms with Crippen molar-refractivity contribution in [2.75, 3.05) is 11.9 Å². The summed E-state index contributed by atoms with van der Waals surface area (Å²) in [6, 6.07) is 15.5. The van der Waals surface area contributed by atoms with Crippen molar-refractivity contribution in [3.8, 4) is 5.75 Å². The Balaban J connectivity index is 1.44. The normalized spacial score (nSPS) is 13.6. The monoisotopic (exact) mass is 394 g/mol. The molecule has 1 saturated carbocycles. The Kier molecular flexibility index (Phi) is 6.57. The summed E-state index contributed by atoms with van der Waals surface area (Å²) in [5.74, 6) is 0.550. The second-order valence-electron chi connectivity index (χ2n) is 8.57. The van der Waals surface area contributed by atoms with Gasteiger partial charge in [-0.15, -0.1) is 0 Å². The van der Waals surface area contributed by atoms with Crippen molar-refractivity contribution in [3.05, 3.63) is 59.7 Å². The van der Waals surface area contributed by atoms with E-state index in [-0.39, 0.29) is 23.3 Å². The molecule has 2 amide bonds. The van der Waals surface area contributed by atoms with Gasteiger partial charge in [-0.3, -0.25) is 9.59 Å². The quantitative estimate of drug-likeness (QED) is 0.639. The van der Waals surface area contributed by atoms with Gasteiger partial charge in [0.25, 0.3) is 5.91 Å². The van der Waals surface area contributed by atoms with E-state index in [4.69, 9.17) is 4.74 Å². The van der Waals surface area contributed by atoms with Crippen molar-refractivity contribution < 1.29 is 14.3 Å². The zero-order valence-electron chi connectivity index (χ0n) is 17.5. The number of ether oxygens (including phenoxy) is 1. The van der Waals surface area contributed by atoms with E-state index in [1.165, 1.54) is 5.56 Å². The zero-order valence-corrected chi connectivity index (χ0v) is 17.5. The third-order valence-corrected chi connectivity index (χ3v) is 4.90. The first-order chi connectivity index (χ1) is 13.8. The van der Waals surface area contributed by atoms with Gasteiger partial charge in [-0.05, 0) is 54.5 Å². The lowest BCUT2D eigenvalue weighted by Crippen LogP contribution is -2.27. The summed E-state index contributed by atoms with van der Waals surface area (Å²) in [6.07, 6.45) is 2.99. The maximum absolute atomic E-state index is 12.3. The van der Waals surface area contributed by atoms with Crippen molar-refractivity contribution in [1.82, 2.24) is 5.32 Å². The molecule has 154 valence electrons. The molecule has 29 heavy (non-hydrogen) atoms. The molecule has 5 nitrogen and oxygen atoms in total. The predicted octanol–water partition coefficient (Wildman–Crippen LogP) is 4.67. The van der Waals surface area contributed by atoms with Crippen LogP contribution in [0, 0.1) is 0 Å². The molecule has 0 unspecified atom stereocenters. The average Bonchev–Trinajstić information content (AvgIpc) is 3.49. The molecular formula is C24H30N2O3. The molecule has 0 aliphatic heterocycles. The Hall–Kier alpha value is -2.82. The SMILES string of the molecule is CC(C)(C)c1ccc(OCCCC(=O)Nc2ccccc2C(=O)NC2CC2)cc1. The number of hydrogen-bond donors (Lipinski definition) is 2. The standard InChI is InChI=1S/C24H30N2O3/c1-24(2,3)17-10-14-19(15-11-17)29-16-6-9-22(27)26-21-8-5-4-7-20(21)23(28)25-18-12-13-18/h4-5,7-8,10-11,14-15,18H,6,9,12-13,16H2,1-3H3,(H,25,28)(H,26,27). The van der Waals surface area contributed by atoms with E-state index in [0.29, 0.717) is 30.7 Å². The molecule has 1 aliphatic carbocycles. The van der Waals surface area contributed by atoms with Crippen LogP contribution in [0.3, 0.4) is 0 Å². The van der Waals surface area contributed by atoms with Gasteiger partial charge in [0.1, 0.15) is 5.75 Å². The zero-order chi connectivity index (χ0) is 20.9. The van der Waals surface area contributed by atoms with Gasteiger partial charge in [0.05, 0.1) is 17.9 Å². The van der Waals surface area contributed by atoms with Crippen LogP contribution in [0.4, 0.5) is 5.69 Å². The van der Waals surface area contributed by atoms with Gasteiger partial charge in [0.15, 0.2) is 0 Å². The van der Waals surface area contributed by atoms with Gasteiger partial charge in [-0.25, -0.2) is 0 Å². The number of carbonyl (C=O) groups excluding carboxylic acids is 2. The topological polar surface area (TPSA) is 67.4 Å². The lowest BCUT2D eigenvalue weighted by atomic mass is 9.87. The molecule has 1 aliphatic rings. The molecule has 0 saturated heterocycles. The van der Waals surface area contributed by atoms with E-state index < -0.39 is 0 Å². The van der Waals surface area contributed by atoms with E-state index in [9.17, 15) is 9.59 Å². The van der Waals surface area contributed by atoms with E-state index >= 15 is 0 Å². The first-order valence-corrected chi connectivity index (χ1v) is 10.3. The van der Waals surface area contributed by atoms with Crippen molar-refractivity contribution >= 4 is 17.5 Å². The molecule has 1 fully saturated rings. The summed E-state index contributed by atoms with van der Waals surface area (Å²) in [4.78, 5) is 24.6. The first-order valence-electron chi connectivity index (χ1n) is 10.3. The molecule has 2 N–H and O–H groups in total. The minimum absolute atomic E-state index is 0.114. The third kappa shape index (κ3) is 6.34. The lowest BCUT2D eigenvalue weighted by molar-refractivity contribution is -0.116. The van der Waals surface area contributed by atoms with E-state index in [1.54, 1.807) is 18.2 Å². The Morgan fingerprint density at radius 1 is 1.03 bits per heavy atom. The Bertz CT molecular complexity index is 849. The predicted molar refractivity (Wildman–Crippen MR) is 115 cm³/mol. The summed E-state index contributed by atoms with van der Waals surface area (Å²) < 4.78 is 5.74. The highest BCUT2D eigenvalue weighted by molar-refractivity contribution is 6.03. The van der Waals surface area contributed by atoms with Crippen molar-refractivity contribution in [3.63, 3.8) is 0 Å². The maximum Gasteiger partial charge on any atom is 0.253 e. The summed E-state index contributed by atoms with van der Waals surface area (Å²) in [5, 5.41) is 5.81. The highest BCUT2D eigenvalue weighted by atomic mass is 16.5. The van der Waals surface area contributed by atoms with Gasteiger partial charge >= 0.3 is 0 Å². The van der Waals surface area contributed by atoms with Crippen LogP contribution >= 0.6 is 0 Å². The number of benzene rings is 2. The Labute approximate surface area is 172 Å². The largest absolute Gasteiger partial charge is 0.494 e. The van der Waals surface area contributed by atoms with Crippen LogP contribution < -0.4 is 15.4 Å². The second kappa shape index (κ2) is 9.12. The van der Waals surface area contributed by atoms with Crippen molar-refractivity contribution in [2.45, 2.75) is 57.9 Å². The van der Waals surface area contributed by atoms with Gasteiger partial charge < -0.3 is 15.4 Å². The Morgan fingerprint density at radius 2 is 1.72 bits per heavy atom. The number of hydrogen-bond acceptors (Lipinski definition) is 3. The average molecular weight is 395 g/mol. The molecule has 3 rings (SSSR count). The number of carbonyl (C=O) groups is 2. The molecule has 0 aromatic heterocycles. The molecule has 0 radical (unpaired) electrons. The highest BCUT2D eigenvalue weighted by Gasteiger charge is 2.25. The van der Waals surface area contributed by atoms with Gasteiger partial charge in [0.2, 0.25) is 5.91 Å². The molecular weight excluding hydrogens is 364 g/mol. The summed E-state index contributed by atoms with van der Waals surface area (Å²) >= 11 is 0. The van der Waals surface area contributed by atoms with Gasteiger partial charge in [-0.1, -0.05) is 45.0 Å². The van der Waals surface area contributed by atoms with Crippen LogP contribution in [0.15, 0.2) is 48.5 Å². The minimum atomic E-state index is -0.134. The third-order valence-electron chi connectivity index (χ3n) is 4.90. The number of anilines is 1. The molecule has 0 heterocycles. The van der Waals surface area contributed by atoms with Crippen molar-refractivity contribution in [1.29, 1.82) is 0 Å². The van der Waals surface area contributed by atoms with E-state index in [2.05, 4.69) is 43.5 Å². The van der Waals surface area contributed by atoms with Crippen LogP contribution in [-0.2, 0) is 10.2 Å². The molecule has 0 atom stereocenters. The minimum Gasteiger partial charge on any atom is -0.494 e. The fourth-order valence-corrected chi connectivity index (χ4v) is 2.97. The Morgan fingerprint density at radius 3 is 2.38 bits per heavy atom. The van der Waals surface area contributed by atoms with Crippen LogP contribution in [0.2, 0.25) is 0 Å². The van der Waals surface area contributed by atoms with Crippen LogP contribution in [0.25, 0.3) is 0 Å². The molecule has 5 heteroatoms. The fourth-order valence-electron chi connectivity index (χ4n) is 2.97. The number of rotatable bonds is 8. The maximum atomic E-state index is 12.3. The molecule has 2 aromatic carbocycles. The smallest absolute Gasteiger partial charge is 0.253 e.